The third-order valence-electron chi connectivity index (χ3n) is 3.90. The molecule has 2 rings (SSSR count). The van der Waals surface area contributed by atoms with Crippen LogP contribution < -0.4 is 10.6 Å². The second-order valence-corrected chi connectivity index (χ2v) is 5.75. The summed E-state index contributed by atoms with van der Waals surface area (Å²) in [5, 5.41) is 6.63. The van der Waals surface area contributed by atoms with Crippen LogP contribution in [0.25, 0.3) is 0 Å². The molecule has 2 N–H and O–H groups in total. The summed E-state index contributed by atoms with van der Waals surface area (Å²) in [5.74, 6) is 1.51. The normalized spacial score (nSPS) is 32.1. The van der Waals surface area contributed by atoms with Crippen molar-refractivity contribution in [2.75, 3.05) is 6.54 Å². The Bertz CT molecular complexity index is 246. The van der Waals surface area contributed by atoms with E-state index in [1.807, 2.05) is 0 Å². The lowest BCUT2D eigenvalue weighted by Gasteiger charge is -2.34. The van der Waals surface area contributed by atoms with Gasteiger partial charge < -0.3 is 10.6 Å². The summed E-state index contributed by atoms with van der Waals surface area (Å²) in [6, 6.07) is 0.427. The van der Waals surface area contributed by atoms with Crippen molar-refractivity contribution in [1.29, 1.82) is 0 Å². The molecule has 0 aromatic carbocycles. The van der Waals surface area contributed by atoms with E-state index in [0.29, 0.717) is 12.0 Å². The maximum Gasteiger partial charge on any atom is 0.237 e. The highest BCUT2D eigenvalue weighted by atomic mass is 16.2. The molecule has 0 radical (unpaired) electrons. The predicted molar refractivity (Wildman–Crippen MR) is 65.1 cm³/mol. The van der Waals surface area contributed by atoms with Crippen LogP contribution in [0, 0.1) is 11.8 Å². The molecule has 16 heavy (non-hydrogen) atoms. The summed E-state index contributed by atoms with van der Waals surface area (Å²) in [6.07, 6.45) is 6.21. The quantitative estimate of drug-likeness (QED) is 0.766. The number of amides is 1. The van der Waals surface area contributed by atoms with Crippen LogP contribution in [0.4, 0.5) is 0 Å². The topological polar surface area (TPSA) is 41.1 Å². The maximum atomic E-state index is 11.9. The van der Waals surface area contributed by atoms with Crippen molar-refractivity contribution < 1.29 is 4.79 Å². The van der Waals surface area contributed by atoms with Gasteiger partial charge in [0.25, 0.3) is 0 Å². The van der Waals surface area contributed by atoms with Crippen molar-refractivity contribution in [3.8, 4) is 0 Å². The van der Waals surface area contributed by atoms with Crippen LogP contribution in [-0.4, -0.2) is 24.5 Å². The van der Waals surface area contributed by atoms with Gasteiger partial charge in [-0.25, -0.2) is 0 Å². The zero-order valence-electron chi connectivity index (χ0n) is 10.5. The van der Waals surface area contributed by atoms with E-state index in [1.165, 1.54) is 25.7 Å². The summed E-state index contributed by atoms with van der Waals surface area (Å²) < 4.78 is 0. The minimum atomic E-state index is 0.0395. The zero-order chi connectivity index (χ0) is 11.5. The molecule has 0 aromatic heterocycles. The van der Waals surface area contributed by atoms with Crippen molar-refractivity contribution in [1.82, 2.24) is 10.6 Å². The van der Waals surface area contributed by atoms with Gasteiger partial charge in [0.1, 0.15) is 0 Å². The van der Waals surface area contributed by atoms with E-state index in [2.05, 4.69) is 24.5 Å². The molecule has 2 fully saturated rings. The van der Waals surface area contributed by atoms with Gasteiger partial charge in [-0.2, -0.15) is 0 Å². The highest BCUT2D eigenvalue weighted by Gasteiger charge is 2.33. The highest BCUT2D eigenvalue weighted by molar-refractivity contribution is 5.82. The molecule has 1 heterocycles. The molecule has 3 nitrogen and oxygen atoms in total. The molecule has 0 aromatic rings. The Hall–Kier alpha value is -0.570. The monoisotopic (exact) mass is 224 g/mol. The Morgan fingerprint density at radius 1 is 1.31 bits per heavy atom. The number of rotatable bonds is 3. The molecule has 2 aliphatic rings. The number of hydrogen-bond donors (Lipinski definition) is 2. The Morgan fingerprint density at radius 2 is 2.00 bits per heavy atom. The number of piperazine rings is 1. The van der Waals surface area contributed by atoms with E-state index in [9.17, 15) is 4.79 Å². The van der Waals surface area contributed by atoms with Gasteiger partial charge in [0, 0.05) is 12.6 Å². The molecule has 1 amide bonds. The Morgan fingerprint density at radius 3 is 2.56 bits per heavy atom. The zero-order valence-corrected chi connectivity index (χ0v) is 10.5. The van der Waals surface area contributed by atoms with Crippen LogP contribution in [0.5, 0.6) is 0 Å². The van der Waals surface area contributed by atoms with Crippen LogP contribution in [-0.2, 0) is 4.79 Å². The van der Waals surface area contributed by atoms with Crippen LogP contribution in [0.3, 0.4) is 0 Å². The van der Waals surface area contributed by atoms with Gasteiger partial charge in [-0.05, 0) is 31.1 Å². The molecule has 0 unspecified atom stereocenters. The van der Waals surface area contributed by atoms with Crippen molar-refractivity contribution in [2.45, 2.75) is 58.0 Å². The summed E-state index contributed by atoms with van der Waals surface area (Å²) in [5.41, 5.74) is 0. The molecule has 0 spiro atoms. The number of nitrogens with one attached hydrogen (secondary N) is 2. The molecule has 1 saturated carbocycles. The fraction of sp³-hybridized carbons (Fsp3) is 0.923. The van der Waals surface area contributed by atoms with Gasteiger partial charge in [0.15, 0.2) is 0 Å². The Kier molecular flexibility index (Phi) is 3.85. The molecule has 0 bridgehead atoms. The minimum Gasteiger partial charge on any atom is -0.350 e. The first-order valence-corrected chi connectivity index (χ1v) is 6.70. The largest absolute Gasteiger partial charge is 0.350 e. The first-order chi connectivity index (χ1) is 7.66. The first-order valence-electron chi connectivity index (χ1n) is 6.70. The second-order valence-electron chi connectivity index (χ2n) is 5.75. The molecule has 1 aliphatic carbocycles. The third kappa shape index (κ3) is 2.76. The number of carbonyl (C=O) groups excluding carboxylic acids is 1. The fourth-order valence-corrected chi connectivity index (χ4v) is 3.00. The Labute approximate surface area is 98.4 Å². The molecule has 1 aliphatic heterocycles. The SMILES string of the molecule is CC(C)C[C@@H]1NC[C@H](C2CCCC2)NC1=O. The first kappa shape index (κ1) is 11.9. The van der Waals surface area contributed by atoms with E-state index in [4.69, 9.17) is 0 Å². The highest BCUT2D eigenvalue weighted by Crippen LogP contribution is 2.28. The van der Waals surface area contributed by atoms with Crippen LogP contribution in [0.1, 0.15) is 46.0 Å². The molecule has 2 atom stereocenters. The summed E-state index contributed by atoms with van der Waals surface area (Å²) >= 11 is 0. The molecular formula is C13H24N2O. The van der Waals surface area contributed by atoms with Gasteiger partial charge in [-0.3, -0.25) is 4.79 Å². The molecule has 3 heteroatoms. The van der Waals surface area contributed by atoms with Gasteiger partial charge in [0.05, 0.1) is 6.04 Å². The second kappa shape index (κ2) is 5.17. The van der Waals surface area contributed by atoms with Crippen molar-refractivity contribution >= 4 is 5.91 Å². The molecule has 1 saturated heterocycles. The Balaban J connectivity index is 1.84. The number of hydrogen-bond acceptors (Lipinski definition) is 2. The summed E-state index contributed by atoms with van der Waals surface area (Å²) in [7, 11) is 0. The van der Waals surface area contributed by atoms with E-state index in [-0.39, 0.29) is 11.9 Å². The molecule has 92 valence electrons. The van der Waals surface area contributed by atoms with E-state index < -0.39 is 0 Å². The van der Waals surface area contributed by atoms with E-state index >= 15 is 0 Å². The van der Waals surface area contributed by atoms with Crippen molar-refractivity contribution in [3.05, 3.63) is 0 Å². The van der Waals surface area contributed by atoms with Gasteiger partial charge in [-0.1, -0.05) is 26.7 Å². The minimum absolute atomic E-state index is 0.0395. The van der Waals surface area contributed by atoms with E-state index in [0.717, 1.165) is 18.9 Å². The average Bonchev–Trinajstić information content (AvgIpc) is 2.73. The van der Waals surface area contributed by atoms with Crippen molar-refractivity contribution in [2.24, 2.45) is 11.8 Å². The lowest BCUT2D eigenvalue weighted by Crippen LogP contribution is -2.60. The number of carbonyl (C=O) groups is 1. The lowest BCUT2D eigenvalue weighted by atomic mass is 9.93. The fourth-order valence-electron chi connectivity index (χ4n) is 3.00. The summed E-state index contributed by atoms with van der Waals surface area (Å²) in [6.45, 7) is 5.30. The van der Waals surface area contributed by atoms with Gasteiger partial charge >= 0.3 is 0 Å². The molecular weight excluding hydrogens is 200 g/mol. The predicted octanol–water partition coefficient (Wildman–Crippen LogP) is 1.68. The summed E-state index contributed by atoms with van der Waals surface area (Å²) in [4.78, 5) is 11.9. The third-order valence-corrected chi connectivity index (χ3v) is 3.90. The van der Waals surface area contributed by atoms with Gasteiger partial charge in [0.2, 0.25) is 5.91 Å². The average molecular weight is 224 g/mol. The standard InChI is InChI=1S/C13H24N2O/c1-9(2)7-11-13(16)15-12(8-14-11)10-5-3-4-6-10/h9-12,14H,3-8H2,1-2H3,(H,15,16)/t11-,12+/m0/s1. The lowest BCUT2D eigenvalue weighted by molar-refractivity contribution is -0.126. The maximum absolute atomic E-state index is 11.9. The van der Waals surface area contributed by atoms with Crippen molar-refractivity contribution in [3.63, 3.8) is 0 Å². The van der Waals surface area contributed by atoms with Crippen LogP contribution >= 0.6 is 0 Å². The van der Waals surface area contributed by atoms with E-state index in [1.54, 1.807) is 0 Å². The van der Waals surface area contributed by atoms with Gasteiger partial charge in [-0.15, -0.1) is 0 Å². The van der Waals surface area contributed by atoms with Crippen LogP contribution in [0.15, 0.2) is 0 Å². The smallest absolute Gasteiger partial charge is 0.237 e. The van der Waals surface area contributed by atoms with Crippen LogP contribution in [0.2, 0.25) is 0 Å².